The minimum atomic E-state index is -0.215. The highest BCUT2D eigenvalue weighted by atomic mass is 16.5. The summed E-state index contributed by atoms with van der Waals surface area (Å²) in [5.41, 5.74) is 1.69. The van der Waals surface area contributed by atoms with Crippen LogP contribution in [0.1, 0.15) is 25.0 Å². The predicted molar refractivity (Wildman–Crippen MR) is 86.2 cm³/mol. The average Bonchev–Trinajstić information content (AvgIpc) is 2.53. The lowest BCUT2D eigenvalue weighted by Crippen LogP contribution is -2.32. The summed E-state index contributed by atoms with van der Waals surface area (Å²) in [4.78, 5) is 4.36. The van der Waals surface area contributed by atoms with Crippen molar-refractivity contribution in [3.05, 3.63) is 59.8 Å². The standard InChI is InChI=1S/C18H20N2O/c1-18(2,21-3)14-20-17-12-11-16(13-19-17)10-9-15-7-5-4-6-8-15/h4-8,11-13H,14H2,1-3H3,(H,19,20). The maximum Gasteiger partial charge on any atom is 0.126 e. The number of nitrogens with zero attached hydrogens (tertiary/aromatic N) is 1. The number of benzene rings is 1. The minimum absolute atomic E-state index is 0.215. The fourth-order valence-corrected chi connectivity index (χ4v) is 1.61. The Hall–Kier alpha value is -2.31. The Morgan fingerprint density at radius 2 is 1.76 bits per heavy atom. The van der Waals surface area contributed by atoms with E-state index in [1.807, 2.05) is 56.3 Å². The number of anilines is 1. The summed E-state index contributed by atoms with van der Waals surface area (Å²) in [6.45, 7) is 4.75. The Morgan fingerprint density at radius 1 is 1.05 bits per heavy atom. The first-order valence-electron chi connectivity index (χ1n) is 6.91. The third-order valence-corrected chi connectivity index (χ3v) is 3.14. The highest BCUT2D eigenvalue weighted by molar-refractivity contribution is 5.45. The van der Waals surface area contributed by atoms with Crippen molar-refractivity contribution in [3.8, 4) is 11.8 Å². The Morgan fingerprint density at radius 3 is 2.38 bits per heavy atom. The summed E-state index contributed by atoms with van der Waals surface area (Å²) in [6.07, 6.45) is 1.78. The molecule has 0 bridgehead atoms. The largest absolute Gasteiger partial charge is 0.377 e. The molecule has 1 N–H and O–H groups in total. The van der Waals surface area contributed by atoms with Gasteiger partial charge in [-0.15, -0.1) is 0 Å². The van der Waals surface area contributed by atoms with E-state index in [0.29, 0.717) is 6.54 Å². The first kappa shape index (κ1) is 15.1. The second-order valence-electron chi connectivity index (χ2n) is 5.37. The maximum atomic E-state index is 5.36. The van der Waals surface area contributed by atoms with Crippen molar-refractivity contribution in [2.24, 2.45) is 0 Å². The number of hydrogen-bond acceptors (Lipinski definition) is 3. The van der Waals surface area contributed by atoms with Gasteiger partial charge in [0.05, 0.1) is 5.60 Å². The van der Waals surface area contributed by atoms with Gasteiger partial charge in [-0.1, -0.05) is 30.0 Å². The van der Waals surface area contributed by atoms with Gasteiger partial charge in [0.15, 0.2) is 0 Å². The van der Waals surface area contributed by atoms with Crippen molar-refractivity contribution in [2.45, 2.75) is 19.4 Å². The van der Waals surface area contributed by atoms with Crippen molar-refractivity contribution in [2.75, 3.05) is 19.0 Å². The van der Waals surface area contributed by atoms with E-state index in [-0.39, 0.29) is 5.60 Å². The third-order valence-electron chi connectivity index (χ3n) is 3.14. The first-order chi connectivity index (χ1) is 10.1. The molecule has 0 fully saturated rings. The van der Waals surface area contributed by atoms with Crippen LogP contribution in [-0.2, 0) is 4.74 Å². The molecule has 1 aromatic heterocycles. The molecular formula is C18H20N2O. The molecule has 0 unspecified atom stereocenters. The number of rotatable bonds is 4. The fraction of sp³-hybridized carbons (Fsp3) is 0.278. The quantitative estimate of drug-likeness (QED) is 0.872. The highest BCUT2D eigenvalue weighted by Gasteiger charge is 2.15. The van der Waals surface area contributed by atoms with Crippen LogP contribution in [0.25, 0.3) is 0 Å². The Kier molecular flexibility index (Phi) is 4.97. The Bertz CT molecular complexity index is 622. The number of aromatic nitrogens is 1. The number of hydrogen-bond donors (Lipinski definition) is 1. The highest BCUT2D eigenvalue weighted by Crippen LogP contribution is 2.10. The monoisotopic (exact) mass is 280 g/mol. The fourth-order valence-electron chi connectivity index (χ4n) is 1.61. The molecule has 21 heavy (non-hydrogen) atoms. The number of methoxy groups -OCH3 is 1. The number of ether oxygens (including phenoxy) is 1. The molecule has 0 aliphatic heterocycles. The van der Waals surface area contributed by atoms with E-state index in [1.165, 1.54) is 0 Å². The van der Waals surface area contributed by atoms with E-state index < -0.39 is 0 Å². The summed E-state index contributed by atoms with van der Waals surface area (Å²) in [5, 5.41) is 3.25. The Labute approximate surface area is 126 Å². The van der Waals surface area contributed by atoms with Crippen molar-refractivity contribution < 1.29 is 4.74 Å². The van der Waals surface area contributed by atoms with Crippen molar-refractivity contribution >= 4 is 5.82 Å². The number of pyridine rings is 1. The van der Waals surface area contributed by atoms with Gasteiger partial charge in [-0.05, 0) is 38.1 Å². The summed E-state index contributed by atoms with van der Waals surface area (Å²) < 4.78 is 5.36. The molecule has 0 aliphatic rings. The van der Waals surface area contributed by atoms with Crippen LogP contribution in [0.15, 0.2) is 48.7 Å². The van der Waals surface area contributed by atoms with Gasteiger partial charge in [0, 0.05) is 31.0 Å². The van der Waals surface area contributed by atoms with Crippen LogP contribution >= 0.6 is 0 Å². The summed E-state index contributed by atoms with van der Waals surface area (Å²) >= 11 is 0. The van der Waals surface area contributed by atoms with E-state index in [2.05, 4.69) is 22.1 Å². The number of nitrogens with one attached hydrogen (secondary N) is 1. The van der Waals surface area contributed by atoms with E-state index in [0.717, 1.165) is 16.9 Å². The van der Waals surface area contributed by atoms with Crippen LogP contribution in [0.3, 0.4) is 0 Å². The lowest BCUT2D eigenvalue weighted by atomic mass is 10.1. The molecule has 0 atom stereocenters. The van der Waals surface area contributed by atoms with Crippen LogP contribution in [-0.4, -0.2) is 24.2 Å². The van der Waals surface area contributed by atoms with Gasteiger partial charge in [0.1, 0.15) is 5.82 Å². The second-order valence-corrected chi connectivity index (χ2v) is 5.37. The SMILES string of the molecule is COC(C)(C)CNc1ccc(C#Cc2ccccc2)cn1. The van der Waals surface area contributed by atoms with Gasteiger partial charge in [-0.2, -0.15) is 0 Å². The molecule has 3 heteroatoms. The summed E-state index contributed by atoms with van der Waals surface area (Å²) in [5.74, 6) is 7.05. The smallest absolute Gasteiger partial charge is 0.126 e. The van der Waals surface area contributed by atoms with Crippen LogP contribution in [0.5, 0.6) is 0 Å². The normalized spacial score (nSPS) is 10.6. The van der Waals surface area contributed by atoms with E-state index in [9.17, 15) is 0 Å². The molecule has 1 aromatic carbocycles. The van der Waals surface area contributed by atoms with Gasteiger partial charge < -0.3 is 10.1 Å². The van der Waals surface area contributed by atoms with E-state index in [4.69, 9.17) is 4.74 Å². The molecule has 108 valence electrons. The summed E-state index contributed by atoms with van der Waals surface area (Å²) in [6, 6.07) is 13.8. The van der Waals surface area contributed by atoms with Crippen LogP contribution in [0.4, 0.5) is 5.82 Å². The molecule has 0 radical (unpaired) electrons. The second kappa shape index (κ2) is 6.92. The molecule has 2 rings (SSSR count). The van der Waals surface area contributed by atoms with Crippen LogP contribution in [0.2, 0.25) is 0 Å². The molecule has 0 aliphatic carbocycles. The maximum absolute atomic E-state index is 5.36. The molecule has 1 heterocycles. The summed E-state index contributed by atoms with van der Waals surface area (Å²) in [7, 11) is 1.71. The van der Waals surface area contributed by atoms with Crippen molar-refractivity contribution in [1.82, 2.24) is 4.98 Å². The molecular weight excluding hydrogens is 260 g/mol. The lowest BCUT2D eigenvalue weighted by molar-refractivity contribution is 0.0343. The molecule has 2 aromatic rings. The zero-order chi connectivity index (χ0) is 15.1. The molecule has 0 amide bonds. The Balaban J connectivity index is 1.98. The molecule has 0 spiro atoms. The van der Waals surface area contributed by atoms with Crippen molar-refractivity contribution in [1.29, 1.82) is 0 Å². The van der Waals surface area contributed by atoms with Gasteiger partial charge in [-0.25, -0.2) is 4.98 Å². The first-order valence-corrected chi connectivity index (χ1v) is 6.91. The molecule has 0 saturated carbocycles. The van der Waals surface area contributed by atoms with E-state index in [1.54, 1.807) is 13.3 Å². The zero-order valence-electron chi connectivity index (χ0n) is 12.7. The molecule has 3 nitrogen and oxygen atoms in total. The molecule has 0 saturated heterocycles. The van der Waals surface area contributed by atoms with Crippen molar-refractivity contribution in [3.63, 3.8) is 0 Å². The average molecular weight is 280 g/mol. The topological polar surface area (TPSA) is 34.1 Å². The van der Waals surface area contributed by atoms with Crippen LogP contribution in [0, 0.1) is 11.8 Å². The van der Waals surface area contributed by atoms with Gasteiger partial charge in [0.25, 0.3) is 0 Å². The van der Waals surface area contributed by atoms with Crippen LogP contribution < -0.4 is 5.32 Å². The van der Waals surface area contributed by atoms with E-state index >= 15 is 0 Å². The predicted octanol–water partition coefficient (Wildman–Crippen LogP) is 3.32. The lowest BCUT2D eigenvalue weighted by Gasteiger charge is -2.23. The van der Waals surface area contributed by atoms with Gasteiger partial charge in [-0.3, -0.25) is 0 Å². The minimum Gasteiger partial charge on any atom is -0.377 e. The van der Waals surface area contributed by atoms with Gasteiger partial charge >= 0.3 is 0 Å². The third kappa shape index (κ3) is 4.94. The zero-order valence-corrected chi connectivity index (χ0v) is 12.7. The van der Waals surface area contributed by atoms with Gasteiger partial charge in [0.2, 0.25) is 0 Å².